The van der Waals surface area contributed by atoms with Gasteiger partial charge in [-0.1, -0.05) is 30.3 Å². The van der Waals surface area contributed by atoms with Crippen molar-refractivity contribution in [3.63, 3.8) is 0 Å². The fourth-order valence-electron chi connectivity index (χ4n) is 1.38. The lowest BCUT2D eigenvalue weighted by Crippen LogP contribution is -2.33. The number of carboxylic acids is 1. The van der Waals surface area contributed by atoms with Crippen LogP contribution in [-0.2, 0) is 14.3 Å². The minimum atomic E-state index is -1.08. The summed E-state index contributed by atoms with van der Waals surface area (Å²) < 4.78 is 4.89. The molecule has 0 aliphatic carbocycles. The minimum Gasteiger partial charge on any atom is -0.479 e. The highest BCUT2D eigenvalue weighted by Gasteiger charge is 2.14. The van der Waals surface area contributed by atoms with Crippen molar-refractivity contribution in [3.8, 4) is 0 Å². The van der Waals surface area contributed by atoms with E-state index in [1.807, 2.05) is 37.3 Å². The molecule has 0 fully saturated rings. The molecule has 2 unspecified atom stereocenters. The summed E-state index contributed by atoms with van der Waals surface area (Å²) in [5.74, 6) is -1.42. The Bertz CT molecular complexity index is 405. The molecule has 2 N–H and O–H groups in total. The Labute approximate surface area is 106 Å². The van der Waals surface area contributed by atoms with Gasteiger partial charge in [0, 0.05) is 0 Å². The Kier molecular flexibility index (Phi) is 5.32. The fraction of sp³-hybridized carbons (Fsp3) is 0.385. The van der Waals surface area contributed by atoms with Crippen molar-refractivity contribution in [2.45, 2.75) is 26.0 Å². The van der Waals surface area contributed by atoms with E-state index in [0.29, 0.717) is 0 Å². The zero-order chi connectivity index (χ0) is 13.5. The van der Waals surface area contributed by atoms with Gasteiger partial charge in [-0.25, -0.2) is 4.79 Å². The molecule has 0 aromatic heterocycles. The number of amides is 1. The summed E-state index contributed by atoms with van der Waals surface area (Å²) in [5.41, 5.74) is 0.983. The Hall–Kier alpha value is -1.88. The molecule has 18 heavy (non-hydrogen) atoms. The van der Waals surface area contributed by atoms with Gasteiger partial charge in [-0.05, 0) is 19.4 Å². The van der Waals surface area contributed by atoms with Crippen molar-refractivity contribution in [2.24, 2.45) is 0 Å². The maximum absolute atomic E-state index is 11.5. The van der Waals surface area contributed by atoms with Crippen molar-refractivity contribution in [2.75, 3.05) is 6.61 Å². The number of benzene rings is 1. The van der Waals surface area contributed by atoms with Crippen LogP contribution in [0.4, 0.5) is 0 Å². The van der Waals surface area contributed by atoms with Crippen molar-refractivity contribution >= 4 is 11.9 Å². The highest BCUT2D eigenvalue weighted by atomic mass is 16.5. The van der Waals surface area contributed by atoms with Crippen LogP contribution in [0.2, 0.25) is 0 Å². The number of carbonyl (C=O) groups is 2. The lowest BCUT2D eigenvalue weighted by atomic mass is 10.1. The summed E-state index contributed by atoms with van der Waals surface area (Å²) in [6.45, 7) is 2.98. The quantitative estimate of drug-likeness (QED) is 0.800. The van der Waals surface area contributed by atoms with Crippen LogP contribution in [0.25, 0.3) is 0 Å². The number of aliphatic carboxylic acids is 1. The van der Waals surface area contributed by atoms with Gasteiger partial charge < -0.3 is 15.2 Å². The van der Waals surface area contributed by atoms with E-state index in [2.05, 4.69) is 5.32 Å². The topological polar surface area (TPSA) is 75.6 Å². The van der Waals surface area contributed by atoms with Gasteiger partial charge >= 0.3 is 5.97 Å². The second-order valence-corrected chi connectivity index (χ2v) is 3.99. The summed E-state index contributed by atoms with van der Waals surface area (Å²) in [7, 11) is 0. The Morgan fingerprint density at radius 3 is 2.44 bits per heavy atom. The molecule has 98 valence electrons. The molecule has 2 atom stereocenters. The highest BCUT2D eigenvalue weighted by molar-refractivity contribution is 5.78. The standard InChI is InChI=1S/C13H17NO4/c1-9(11-6-4-3-5-7-11)14-12(15)8-18-10(2)13(16)17/h3-7,9-10H,8H2,1-2H3,(H,14,15)(H,16,17). The molecule has 0 saturated carbocycles. The monoisotopic (exact) mass is 251 g/mol. The number of nitrogens with one attached hydrogen (secondary N) is 1. The maximum atomic E-state index is 11.5. The molecular weight excluding hydrogens is 234 g/mol. The van der Waals surface area contributed by atoms with E-state index >= 15 is 0 Å². The summed E-state index contributed by atoms with van der Waals surface area (Å²) in [6.07, 6.45) is -0.984. The first-order valence-electron chi connectivity index (χ1n) is 5.69. The first-order chi connectivity index (χ1) is 8.50. The van der Waals surface area contributed by atoms with Gasteiger partial charge in [0.05, 0.1) is 6.04 Å². The molecule has 0 saturated heterocycles. The Morgan fingerprint density at radius 1 is 1.28 bits per heavy atom. The van der Waals surface area contributed by atoms with Crippen molar-refractivity contribution < 1.29 is 19.4 Å². The first-order valence-corrected chi connectivity index (χ1v) is 5.69. The molecule has 0 aliphatic heterocycles. The molecule has 1 aromatic carbocycles. The molecule has 5 nitrogen and oxygen atoms in total. The van der Waals surface area contributed by atoms with Crippen LogP contribution in [0, 0.1) is 0 Å². The van der Waals surface area contributed by atoms with E-state index < -0.39 is 12.1 Å². The van der Waals surface area contributed by atoms with Gasteiger partial charge in [0.25, 0.3) is 0 Å². The third-order valence-corrected chi connectivity index (χ3v) is 2.49. The molecule has 1 amide bonds. The second-order valence-electron chi connectivity index (χ2n) is 3.99. The molecule has 0 bridgehead atoms. The van der Waals surface area contributed by atoms with Crippen LogP contribution in [0.15, 0.2) is 30.3 Å². The van der Waals surface area contributed by atoms with Crippen LogP contribution < -0.4 is 5.32 Å². The molecule has 1 rings (SSSR count). The van der Waals surface area contributed by atoms with E-state index in [1.54, 1.807) is 0 Å². The van der Waals surface area contributed by atoms with Gasteiger partial charge in [-0.2, -0.15) is 0 Å². The summed E-state index contributed by atoms with van der Waals surface area (Å²) in [5, 5.41) is 11.3. The smallest absolute Gasteiger partial charge is 0.332 e. The minimum absolute atomic E-state index is 0.137. The third-order valence-electron chi connectivity index (χ3n) is 2.49. The SMILES string of the molecule is CC(OCC(=O)NC(C)c1ccccc1)C(=O)O. The first kappa shape index (κ1) is 14.2. The van der Waals surface area contributed by atoms with Crippen molar-refractivity contribution in [1.29, 1.82) is 0 Å². The largest absolute Gasteiger partial charge is 0.479 e. The summed E-state index contributed by atoms with van der Waals surface area (Å²) >= 11 is 0. The molecule has 0 radical (unpaired) electrons. The zero-order valence-corrected chi connectivity index (χ0v) is 10.4. The normalized spacial score (nSPS) is 13.7. The number of ether oxygens (including phenoxy) is 1. The zero-order valence-electron chi connectivity index (χ0n) is 10.4. The summed E-state index contributed by atoms with van der Waals surface area (Å²) in [4.78, 5) is 22.0. The van der Waals surface area contributed by atoms with Crippen molar-refractivity contribution in [1.82, 2.24) is 5.32 Å². The number of hydrogen-bond acceptors (Lipinski definition) is 3. The predicted octanol–water partition coefficient (Wildman–Crippen LogP) is 1.35. The van der Waals surface area contributed by atoms with Gasteiger partial charge in [-0.15, -0.1) is 0 Å². The molecule has 5 heteroatoms. The predicted molar refractivity (Wildman–Crippen MR) is 66.0 cm³/mol. The van der Waals surface area contributed by atoms with E-state index in [0.717, 1.165) is 5.56 Å². The average molecular weight is 251 g/mol. The lowest BCUT2D eigenvalue weighted by molar-refractivity contribution is -0.150. The second kappa shape index (κ2) is 6.76. The van der Waals surface area contributed by atoms with E-state index in [-0.39, 0.29) is 18.6 Å². The van der Waals surface area contributed by atoms with Gasteiger partial charge in [-0.3, -0.25) is 4.79 Å². The number of carboxylic acid groups (broad SMARTS) is 1. The number of hydrogen-bond donors (Lipinski definition) is 2. The van der Waals surface area contributed by atoms with E-state index in [9.17, 15) is 9.59 Å². The van der Waals surface area contributed by atoms with Gasteiger partial charge in [0.2, 0.25) is 5.91 Å². The fourth-order valence-corrected chi connectivity index (χ4v) is 1.38. The Balaban J connectivity index is 2.39. The molecule has 1 aromatic rings. The molecule has 0 spiro atoms. The van der Waals surface area contributed by atoms with Crippen molar-refractivity contribution in [3.05, 3.63) is 35.9 Å². The van der Waals surface area contributed by atoms with Crippen LogP contribution in [-0.4, -0.2) is 29.7 Å². The van der Waals surface area contributed by atoms with Crippen LogP contribution in [0.3, 0.4) is 0 Å². The lowest BCUT2D eigenvalue weighted by Gasteiger charge is -2.15. The van der Waals surface area contributed by atoms with Gasteiger partial charge in [0.1, 0.15) is 6.61 Å². The molecule has 0 aliphatic rings. The van der Waals surface area contributed by atoms with Crippen LogP contribution in [0.5, 0.6) is 0 Å². The summed E-state index contributed by atoms with van der Waals surface area (Å²) in [6, 6.07) is 9.36. The average Bonchev–Trinajstić information content (AvgIpc) is 2.36. The highest BCUT2D eigenvalue weighted by Crippen LogP contribution is 2.10. The Morgan fingerprint density at radius 2 is 1.89 bits per heavy atom. The van der Waals surface area contributed by atoms with E-state index in [1.165, 1.54) is 6.92 Å². The number of carbonyl (C=O) groups excluding carboxylic acids is 1. The molecular formula is C13H17NO4. The van der Waals surface area contributed by atoms with Gasteiger partial charge in [0.15, 0.2) is 6.10 Å². The van der Waals surface area contributed by atoms with E-state index in [4.69, 9.17) is 9.84 Å². The third kappa shape index (κ3) is 4.55. The van der Waals surface area contributed by atoms with Crippen LogP contribution >= 0.6 is 0 Å². The molecule has 0 heterocycles. The maximum Gasteiger partial charge on any atom is 0.332 e. The number of rotatable bonds is 6. The van der Waals surface area contributed by atoms with Crippen LogP contribution in [0.1, 0.15) is 25.5 Å².